The first-order valence-electron chi connectivity index (χ1n) is 6.24. The van der Waals surface area contributed by atoms with Crippen LogP contribution in [0.3, 0.4) is 0 Å². The number of nitrogens with one attached hydrogen (secondary N) is 1. The van der Waals surface area contributed by atoms with E-state index in [9.17, 15) is 0 Å². The van der Waals surface area contributed by atoms with Crippen molar-refractivity contribution in [1.29, 1.82) is 0 Å². The van der Waals surface area contributed by atoms with Crippen molar-refractivity contribution >= 4 is 0 Å². The molecule has 1 saturated heterocycles. The Morgan fingerprint density at radius 1 is 0.950 bits per heavy atom. The largest absolute Gasteiger partial charge is 4.00 e. The molecule has 0 radical (unpaired) electrons. The molecule has 0 unspecified atom stereocenters. The first-order chi connectivity index (χ1) is 7.74. The minimum absolute atomic E-state index is 0. The van der Waals surface area contributed by atoms with Gasteiger partial charge < -0.3 is 57.1 Å². The third kappa shape index (κ3) is 13.1. The van der Waals surface area contributed by atoms with Crippen LogP contribution in [0.2, 0.25) is 0 Å². The summed E-state index contributed by atoms with van der Waals surface area (Å²) < 4.78 is 5.42. The van der Waals surface area contributed by atoms with E-state index in [0.29, 0.717) is 0 Å². The number of methoxy groups -OCH3 is 1. The maximum absolute atomic E-state index is 5.42. The van der Waals surface area contributed by atoms with Gasteiger partial charge in [0.15, 0.2) is 0 Å². The van der Waals surface area contributed by atoms with Gasteiger partial charge in [-0.05, 0) is 59.7 Å². The van der Waals surface area contributed by atoms with Crippen molar-refractivity contribution in [2.75, 3.05) is 53.9 Å². The molecule has 0 bridgehead atoms. The molecule has 0 amide bonds. The normalized spacial score (nSPS) is 19.9. The van der Waals surface area contributed by atoms with E-state index >= 15 is 0 Å². The average Bonchev–Trinajstić information content (AvgIpc) is 2.26. The number of nitrogens with zero attached hydrogens (tertiary/aromatic N) is 2. The van der Waals surface area contributed by atoms with Crippen LogP contribution in [0.25, 0.3) is 0 Å². The molecule has 0 atom stereocenters. The summed E-state index contributed by atoms with van der Waals surface area (Å²) in [6.07, 6.45) is 4.51. The molecule has 1 N–H and O–H groups in total. The van der Waals surface area contributed by atoms with Gasteiger partial charge in [-0.1, -0.05) is 0 Å². The van der Waals surface area contributed by atoms with Gasteiger partial charge in [0.05, 0.1) is 0 Å². The molecule has 1 aliphatic rings. The SMILES string of the molecule is CO[C-]1CCNCCCN(C)CCCN1C.[Cl-].[Cl-].[Cl-].[Ti+4]. The van der Waals surface area contributed by atoms with Crippen LogP contribution in [0.5, 0.6) is 0 Å². The second-order valence-electron chi connectivity index (χ2n) is 4.53. The summed E-state index contributed by atoms with van der Waals surface area (Å²) in [7, 11) is 6.08. The number of halogens is 3. The molecule has 0 aromatic heterocycles. The Kier molecular flexibility index (Phi) is 27.2. The average molecular weight is 383 g/mol. The smallest absolute Gasteiger partial charge is 1.00 e. The van der Waals surface area contributed by atoms with Crippen LogP contribution in [0.15, 0.2) is 0 Å². The van der Waals surface area contributed by atoms with Crippen LogP contribution in [0.4, 0.5) is 0 Å². The van der Waals surface area contributed by atoms with Crippen molar-refractivity contribution in [2.45, 2.75) is 19.3 Å². The summed E-state index contributed by atoms with van der Waals surface area (Å²) in [6, 6.07) is 0. The van der Waals surface area contributed by atoms with Crippen molar-refractivity contribution < 1.29 is 63.7 Å². The van der Waals surface area contributed by atoms with E-state index in [1.807, 2.05) is 0 Å². The van der Waals surface area contributed by atoms with E-state index in [1.165, 1.54) is 25.9 Å². The molecule has 0 aliphatic carbocycles. The van der Waals surface area contributed by atoms with Crippen molar-refractivity contribution in [3.05, 3.63) is 6.23 Å². The molecule has 1 rings (SSSR count). The van der Waals surface area contributed by atoms with E-state index in [4.69, 9.17) is 4.74 Å². The molecule has 1 fully saturated rings. The third-order valence-electron chi connectivity index (χ3n) is 3.10. The van der Waals surface area contributed by atoms with E-state index in [-0.39, 0.29) is 58.9 Å². The zero-order valence-electron chi connectivity index (χ0n) is 12.6. The molecule has 20 heavy (non-hydrogen) atoms. The summed E-state index contributed by atoms with van der Waals surface area (Å²) in [5.41, 5.74) is 0. The van der Waals surface area contributed by atoms with Gasteiger partial charge in [-0.3, -0.25) is 0 Å². The van der Waals surface area contributed by atoms with Crippen LogP contribution in [0.1, 0.15) is 19.3 Å². The minimum atomic E-state index is 0. The Labute approximate surface area is 157 Å². The fourth-order valence-electron chi connectivity index (χ4n) is 2.06. The maximum atomic E-state index is 5.42. The molecule has 1 heterocycles. The van der Waals surface area contributed by atoms with Gasteiger partial charge in [-0.2, -0.15) is 0 Å². The molecule has 120 valence electrons. The van der Waals surface area contributed by atoms with Crippen LogP contribution in [-0.4, -0.2) is 63.7 Å². The van der Waals surface area contributed by atoms with Crippen LogP contribution >= 0.6 is 0 Å². The minimum Gasteiger partial charge on any atom is -1.00 e. The molecule has 0 aromatic rings. The molecule has 8 heteroatoms. The molecule has 0 spiro atoms. The van der Waals surface area contributed by atoms with Gasteiger partial charge in [0.2, 0.25) is 0 Å². The number of hydrogen-bond acceptors (Lipinski definition) is 4. The monoisotopic (exact) mass is 381 g/mol. The quantitative estimate of drug-likeness (QED) is 0.360. The summed E-state index contributed by atoms with van der Waals surface area (Å²) in [4.78, 5) is 4.64. The van der Waals surface area contributed by atoms with Crippen LogP contribution < -0.4 is 42.5 Å². The number of hydrogen-bond donors (Lipinski definition) is 1. The summed E-state index contributed by atoms with van der Waals surface area (Å²) in [5, 5.41) is 3.45. The summed E-state index contributed by atoms with van der Waals surface area (Å²) >= 11 is 0. The second-order valence-corrected chi connectivity index (χ2v) is 4.53. The van der Waals surface area contributed by atoms with Gasteiger partial charge >= 0.3 is 21.7 Å². The fraction of sp³-hybridized carbons (Fsp3) is 0.917. The molecular weight excluding hydrogens is 356 g/mol. The molecular formula is C12H26Cl3N3OTi. The summed E-state index contributed by atoms with van der Waals surface area (Å²) in [5.74, 6) is 0. The Bertz CT molecular complexity index is 195. The standard InChI is InChI=1S/C12H26N3O.3ClH.Ti/c1-14-9-4-7-13-8-6-12(16-3)15(2)11-5-10-14;;;;/h13H,4-11H2,1-3H3;3*1H;/q-1;;;;+4/p-3. The van der Waals surface area contributed by atoms with Gasteiger partial charge in [-0.15, -0.1) is 12.6 Å². The molecule has 4 nitrogen and oxygen atoms in total. The third-order valence-corrected chi connectivity index (χ3v) is 3.10. The van der Waals surface area contributed by atoms with Crippen LogP contribution in [0, 0.1) is 6.23 Å². The Balaban J connectivity index is -0.000000320. The Morgan fingerprint density at radius 3 is 2.15 bits per heavy atom. The zero-order valence-corrected chi connectivity index (χ0v) is 16.4. The van der Waals surface area contributed by atoms with E-state index < -0.39 is 0 Å². The maximum Gasteiger partial charge on any atom is 4.00 e. The first kappa shape index (κ1) is 29.4. The predicted molar refractivity (Wildman–Crippen MR) is 67.1 cm³/mol. The van der Waals surface area contributed by atoms with E-state index in [1.54, 1.807) is 7.11 Å². The van der Waals surface area contributed by atoms with Gasteiger partial charge in [0, 0.05) is 7.11 Å². The topological polar surface area (TPSA) is 27.7 Å². The zero-order chi connectivity index (χ0) is 11.8. The predicted octanol–water partition coefficient (Wildman–Crippen LogP) is -8.23. The molecule has 0 saturated carbocycles. The summed E-state index contributed by atoms with van der Waals surface area (Å²) in [6.45, 7) is 5.55. The van der Waals surface area contributed by atoms with Gasteiger partial charge in [-0.25, -0.2) is 0 Å². The Morgan fingerprint density at radius 2 is 1.55 bits per heavy atom. The molecule has 1 aliphatic heterocycles. The Hall–Kier alpha value is 1.42. The number of ether oxygens (including phenoxy) is 1. The van der Waals surface area contributed by atoms with Crippen molar-refractivity contribution in [1.82, 2.24) is 15.1 Å². The van der Waals surface area contributed by atoms with Crippen molar-refractivity contribution in [2.24, 2.45) is 0 Å². The molecule has 0 aromatic carbocycles. The first-order valence-corrected chi connectivity index (χ1v) is 6.24. The van der Waals surface area contributed by atoms with E-state index in [0.717, 1.165) is 32.3 Å². The fourth-order valence-corrected chi connectivity index (χ4v) is 2.06. The number of rotatable bonds is 1. The van der Waals surface area contributed by atoms with Gasteiger partial charge in [0.1, 0.15) is 0 Å². The van der Waals surface area contributed by atoms with E-state index in [2.05, 4.69) is 29.2 Å². The van der Waals surface area contributed by atoms with Crippen LogP contribution in [-0.2, 0) is 26.5 Å². The van der Waals surface area contributed by atoms with Crippen molar-refractivity contribution in [3.63, 3.8) is 0 Å². The van der Waals surface area contributed by atoms with Gasteiger partial charge in [0.25, 0.3) is 0 Å². The second kappa shape index (κ2) is 18.5. The van der Waals surface area contributed by atoms with Crippen molar-refractivity contribution in [3.8, 4) is 0 Å².